The highest BCUT2D eigenvalue weighted by atomic mass is 16.8. The molecule has 4 aliphatic heterocycles. The van der Waals surface area contributed by atoms with E-state index in [4.69, 9.17) is 33.2 Å². The molecule has 4 saturated heterocycles. The lowest BCUT2D eigenvalue weighted by molar-refractivity contribution is -0.259. The number of aliphatic hydroxyl groups excluding tert-OH is 1. The van der Waals surface area contributed by atoms with Crippen molar-refractivity contribution >= 4 is 6.29 Å². The highest BCUT2D eigenvalue weighted by Gasteiger charge is 2.70. The summed E-state index contributed by atoms with van der Waals surface area (Å²) >= 11 is 0. The van der Waals surface area contributed by atoms with Crippen LogP contribution >= 0.6 is 0 Å². The molecule has 6 heterocycles. The molecule has 17 nitrogen and oxygen atoms in total. The Balaban J connectivity index is 1.13. The van der Waals surface area contributed by atoms with Gasteiger partial charge in [-0.25, -0.2) is 9.59 Å². The lowest BCUT2D eigenvalue weighted by Gasteiger charge is -2.37. The molecule has 2 spiro atoms. The van der Waals surface area contributed by atoms with Crippen molar-refractivity contribution in [3.63, 3.8) is 0 Å². The summed E-state index contributed by atoms with van der Waals surface area (Å²) < 4.78 is 47.2. The van der Waals surface area contributed by atoms with Crippen LogP contribution in [0.3, 0.4) is 0 Å². The second-order valence-electron chi connectivity index (χ2n) is 13.3. The van der Waals surface area contributed by atoms with Crippen molar-refractivity contribution in [2.75, 3.05) is 19.8 Å². The van der Waals surface area contributed by atoms with Gasteiger partial charge >= 0.3 is 11.4 Å². The number of nitrogens with zero attached hydrogens (tertiary/aromatic N) is 2. The van der Waals surface area contributed by atoms with E-state index in [1.807, 2.05) is 0 Å². The van der Waals surface area contributed by atoms with Crippen molar-refractivity contribution < 1.29 is 43.1 Å². The van der Waals surface area contributed by atoms with Crippen LogP contribution in [0.2, 0.25) is 0 Å². The Kier molecular flexibility index (Phi) is 7.34. The van der Waals surface area contributed by atoms with Gasteiger partial charge in [0.1, 0.15) is 30.0 Å². The maximum absolute atomic E-state index is 13.0. The molecular weight excluding hydrogens is 624 g/mol. The fourth-order valence-corrected chi connectivity index (χ4v) is 8.25. The third-order valence-electron chi connectivity index (χ3n) is 10.4. The molecule has 47 heavy (non-hydrogen) atoms. The fourth-order valence-electron chi connectivity index (χ4n) is 8.25. The van der Waals surface area contributed by atoms with Crippen LogP contribution in [0.5, 0.6) is 0 Å². The van der Waals surface area contributed by atoms with Crippen molar-refractivity contribution in [1.29, 1.82) is 0 Å². The van der Waals surface area contributed by atoms with Crippen LogP contribution in [0.15, 0.2) is 43.7 Å². The predicted octanol–water partition coefficient (Wildman–Crippen LogP) is -1.06. The minimum Gasteiger partial charge on any atom is -0.393 e. The van der Waals surface area contributed by atoms with Crippen molar-refractivity contribution in [1.82, 2.24) is 19.1 Å². The van der Waals surface area contributed by atoms with Gasteiger partial charge < -0.3 is 43.1 Å². The van der Waals surface area contributed by atoms with Crippen LogP contribution in [0, 0.1) is 0 Å². The Morgan fingerprint density at radius 3 is 2.06 bits per heavy atom. The molecule has 8 rings (SSSR count). The van der Waals surface area contributed by atoms with E-state index in [1.54, 1.807) is 0 Å². The van der Waals surface area contributed by atoms with Crippen molar-refractivity contribution in [2.24, 2.45) is 0 Å². The number of hydrogen-bond acceptors (Lipinski definition) is 13. The molecule has 0 amide bonds. The molecule has 254 valence electrons. The summed E-state index contributed by atoms with van der Waals surface area (Å²) in [5, 5.41) is 10.9. The van der Waals surface area contributed by atoms with E-state index in [1.165, 1.54) is 23.0 Å². The van der Waals surface area contributed by atoms with Crippen LogP contribution in [0.1, 0.15) is 63.8 Å². The molecule has 2 aromatic rings. The van der Waals surface area contributed by atoms with Crippen LogP contribution in [0.4, 0.5) is 0 Å². The number of carbonyl (C=O) groups excluding carboxylic acids is 1. The topological polar surface area (TPSA) is 212 Å². The summed E-state index contributed by atoms with van der Waals surface area (Å²) in [5.74, 6) is -1.95. The fraction of sp³-hybridized carbons (Fsp3) is 0.700. The molecule has 0 radical (unpaired) electrons. The van der Waals surface area contributed by atoms with Gasteiger partial charge in [-0.05, 0) is 25.7 Å². The summed E-state index contributed by atoms with van der Waals surface area (Å²) in [5.41, 5.74) is -5.75. The first-order chi connectivity index (χ1) is 22.6. The normalized spacial score (nSPS) is 38.0. The van der Waals surface area contributed by atoms with Crippen LogP contribution in [-0.2, 0) is 38.0 Å². The smallest absolute Gasteiger partial charge is 0.330 e. The van der Waals surface area contributed by atoms with Crippen LogP contribution in [-0.4, -0.2) is 97.5 Å². The number of nitrogens with one attached hydrogen (secondary N) is 2. The minimum absolute atomic E-state index is 0.280. The van der Waals surface area contributed by atoms with E-state index >= 15 is 0 Å². The Morgan fingerprint density at radius 2 is 1.45 bits per heavy atom. The number of ether oxygens (including phenoxy) is 7. The maximum atomic E-state index is 13.0. The maximum Gasteiger partial charge on any atom is 0.330 e. The van der Waals surface area contributed by atoms with E-state index in [-0.39, 0.29) is 13.2 Å². The molecule has 2 aliphatic carbocycles. The summed E-state index contributed by atoms with van der Waals surface area (Å²) in [6.07, 6.45) is 2.82. The zero-order valence-electron chi connectivity index (χ0n) is 25.4. The third-order valence-corrected chi connectivity index (χ3v) is 10.4. The quantitative estimate of drug-likeness (QED) is 0.289. The second kappa shape index (κ2) is 11.1. The molecule has 0 bridgehead atoms. The number of carbonyl (C=O) groups is 1. The first-order valence-electron chi connectivity index (χ1n) is 16.0. The number of aromatic nitrogens is 4. The lowest BCUT2D eigenvalue weighted by Crippen LogP contribution is -2.54. The number of H-pyrrole nitrogens is 2. The highest BCUT2D eigenvalue weighted by Crippen LogP contribution is 2.56. The number of aliphatic hydroxyl groups is 1. The standard InChI is InChI=1S/C30H36N4O13/c35-13-17-21-30(47-29(44-21)9-3-4-10-29,24(42-17)34-12-6-19(38)32-26(34)40)16-41-15-27(14-36)22-20(43-28(45-22)7-1-2-8-28)23(46-27)33-11-5-18(37)31-25(33)39/h5-6,11-13,17,20-24,36H,1-4,7-10,14-16H2,(H,31,37,39)(H,32,38,40)/t17-,20-,21-,22+,23-,24-,27+,30-/m1/s1. The number of aromatic amines is 2. The molecule has 2 aromatic heterocycles. The molecule has 6 aliphatic rings. The Labute approximate surface area is 265 Å². The molecular formula is C30H36N4O13. The average molecular weight is 661 g/mol. The van der Waals surface area contributed by atoms with Gasteiger partial charge in [-0.15, -0.1) is 0 Å². The van der Waals surface area contributed by atoms with E-state index in [0.29, 0.717) is 32.0 Å². The van der Waals surface area contributed by atoms with Gasteiger partial charge in [-0.2, -0.15) is 0 Å². The van der Waals surface area contributed by atoms with Gasteiger partial charge in [-0.1, -0.05) is 0 Å². The minimum atomic E-state index is -1.54. The van der Waals surface area contributed by atoms with Crippen LogP contribution in [0.25, 0.3) is 0 Å². The highest BCUT2D eigenvalue weighted by molar-refractivity contribution is 5.59. The Bertz CT molecular complexity index is 1770. The van der Waals surface area contributed by atoms with Gasteiger partial charge in [-0.3, -0.25) is 28.7 Å². The van der Waals surface area contributed by atoms with Crippen molar-refractivity contribution in [2.45, 2.75) is 111 Å². The second-order valence-corrected chi connectivity index (χ2v) is 13.3. The lowest BCUT2D eigenvalue weighted by atomic mass is 9.94. The first-order valence-corrected chi connectivity index (χ1v) is 16.0. The van der Waals surface area contributed by atoms with Gasteiger partial charge in [0.25, 0.3) is 11.1 Å². The zero-order chi connectivity index (χ0) is 32.6. The van der Waals surface area contributed by atoms with Gasteiger partial charge in [0.05, 0.1) is 19.8 Å². The molecule has 17 heteroatoms. The number of fused-ring (bicyclic) bond motifs is 2. The Morgan fingerprint density at radius 1 is 0.830 bits per heavy atom. The van der Waals surface area contributed by atoms with E-state index in [2.05, 4.69) is 9.97 Å². The first kappa shape index (κ1) is 31.0. The Hall–Kier alpha value is -3.29. The average Bonchev–Trinajstić information content (AvgIpc) is 3.89. The molecule has 0 aromatic carbocycles. The van der Waals surface area contributed by atoms with E-state index in [9.17, 15) is 29.1 Å². The number of hydrogen-bond donors (Lipinski definition) is 3. The largest absolute Gasteiger partial charge is 0.393 e. The molecule has 3 N–H and O–H groups in total. The van der Waals surface area contributed by atoms with Crippen molar-refractivity contribution in [3.8, 4) is 0 Å². The van der Waals surface area contributed by atoms with Gasteiger partial charge in [0.2, 0.25) is 0 Å². The monoisotopic (exact) mass is 660 g/mol. The summed E-state index contributed by atoms with van der Waals surface area (Å²) in [6, 6.07) is 2.35. The molecule has 0 unspecified atom stereocenters. The third kappa shape index (κ3) is 4.78. The molecule has 6 fully saturated rings. The van der Waals surface area contributed by atoms with E-state index in [0.717, 1.165) is 36.3 Å². The molecule has 8 atom stereocenters. The summed E-state index contributed by atoms with van der Waals surface area (Å²) in [7, 11) is 0. The van der Waals surface area contributed by atoms with E-state index < -0.39 is 88.8 Å². The summed E-state index contributed by atoms with van der Waals surface area (Å²) in [4.78, 5) is 66.3. The SMILES string of the molecule is O=C[C@H]1O[C@@H](n2ccc(=O)[nH]c2=O)[C@]2(COC[C@]3(CO)O[C@@H](n4ccc(=O)[nH]c4=O)[C@@H]4OC5(CCCC5)O[C@@H]43)OC3(CCCC3)O[C@H]12. The molecule has 2 saturated carbocycles. The van der Waals surface area contributed by atoms with Gasteiger partial charge in [0.15, 0.2) is 35.9 Å². The zero-order valence-corrected chi connectivity index (χ0v) is 25.4. The number of rotatable bonds is 8. The predicted molar refractivity (Wildman–Crippen MR) is 154 cm³/mol. The van der Waals surface area contributed by atoms with Crippen LogP contribution < -0.4 is 22.5 Å². The van der Waals surface area contributed by atoms with Gasteiger partial charge in [0, 0.05) is 50.2 Å². The van der Waals surface area contributed by atoms with Crippen molar-refractivity contribution in [3.05, 3.63) is 66.2 Å². The summed E-state index contributed by atoms with van der Waals surface area (Å²) in [6.45, 7) is -1.16. The number of aldehydes is 1.